The van der Waals surface area contributed by atoms with E-state index in [-0.39, 0.29) is 5.57 Å². The molecule has 1 aromatic heterocycles. The van der Waals surface area contributed by atoms with Gasteiger partial charge in [-0.15, -0.1) is 0 Å². The minimum absolute atomic E-state index is 0.0688. The summed E-state index contributed by atoms with van der Waals surface area (Å²) in [5.41, 5.74) is 8.02. The molecular weight excluding hydrogens is 322 g/mol. The molecular formula is C19H14ClN3O. The van der Waals surface area contributed by atoms with Gasteiger partial charge in [0.2, 0.25) is 0 Å². The van der Waals surface area contributed by atoms with Crippen LogP contribution in [0.3, 0.4) is 0 Å². The van der Waals surface area contributed by atoms with E-state index in [0.29, 0.717) is 11.6 Å². The Morgan fingerprint density at radius 3 is 2.75 bits per heavy atom. The lowest BCUT2D eigenvalue weighted by Gasteiger charge is -2.05. The summed E-state index contributed by atoms with van der Waals surface area (Å²) in [5.74, 6) is -0.732. The highest BCUT2D eigenvalue weighted by molar-refractivity contribution is 6.30. The Morgan fingerprint density at radius 2 is 2.04 bits per heavy atom. The van der Waals surface area contributed by atoms with Gasteiger partial charge in [-0.3, -0.25) is 4.79 Å². The predicted molar refractivity (Wildman–Crippen MR) is 95.3 cm³/mol. The van der Waals surface area contributed by atoms with Gasteiger partial charge in [0, 0.05) is 34.2 Å². The Balaban J connectivity index is 2.10. The molecule has 1 heterocycles. The number of halogens is 1. The van der Waals surface area contributed by atoms with Gasteiger partial charge < -0.3 is 10.3 Å². The van der Waals surface area contributed by atoms with Gasteiger partial charge in [0.1, 0.15) is 11.6 Å². The monoisotopic (exact) mass is 335 g/mol. The Hall–Kier alpha value is -3.03. The van der Waals surface area contributed by atoms with E-state index in [2.05, 4.69) is 4.57 Å². The van der Waals surface area contributed by atoms with Crippen LogP contribution in [0, 0.1) is 11.3 Å². The number of hydrogen-bond acceptors (Lipinski definition) is 2. The first kappa shape index (κ1) is 15.9. The fourth-order valence-electron chi connectivity index (χ4n) is 2.67. The molecule has 0 saturated carbocycles. The van der Waals surface area contributed by atoms with Crippen LogP contribution in [0.4, 0.5) is 0 Å². The quantitative estimate of drug-likeness (QED) is 0.582. The van der Waals surface area contributed by atoms with Crippen molar-refractivity contribution in [2.75, 3.05) is 0 Å². The fraction of sp³-hybridized carbons (Fsp3) is 0.0526. The number of primary amides is 1. The molecule has 5 heteroatoms. The molecule has 4 nitrogen and oxygen atoms in total. The first-order valence-corrected chi connectivity index (χ1v) is 7.70. The number of nitriles is 1. The van der Waals surface area contributed by atoms with Crippen molar-refractivity contribution in [3.05, 3.63) is 76.5 Å². The number of carbonyl (C=O) groups is 1. The fourth-order valence-corrected chi connectivity index (χ4v) is 2.88. The molecule has 0 saturated heterocycles. The second-order valence-electron chi connectivity index (χ2n) is 5.39. The number of nitrogens with two attached hydrogens (primary N) is 1. The molecule has 24 heavy (non-hydrogen) atoms. The van der Waals surface area contributed by atoms with Crippen molar-refractivity contribution in [3.8, 4) is 6.07 Å². The zero-order chi connectivity index (χ0) is 17.1. The second kappa shape index (κ2) is 6.61. The van der Waals surface area contributed by atoms with Crippen molar-refractivity contribution in [1.29, 1.82) is 5.26 Å². The van der Waals surface area contributed by atoms with Crippen LogP contribution in [0.2, 0.25) is 5.02 Å². The third-order valence-electron chi connectivity index (χ3n) is 3.75. The van der Waals surface area contributed by atoms with Crippen LogP contribution in [0.5, 0.6) is 0 Å². The minimum atomic E-state index is -0.732. The molecule has 3 aromatic rings. The van der Waals surface area contributed by atoms with Crippen LogP contribution >= 0.6 is 11.6 Å². The van der Waals surface area contributed by atoms with Crippen LogP contribution in [0.1, 0.15) is 11.1 Å². The number of hydrogen-bond donors (Lipinski definition) is 1. The second-order valence-corrected chi connectivity index (χ2v) is 5.83. The molecule has 0 unspecified atom stereocenters. The molecule has 3 rings (SSSR count). The van der Waals surface area contributed by atoms with Crippen molar-refractivity contribution in [3.63, 3.8) is 0 Å². The maximum Gasteiger partial charge on any atom is 0.259 e. The van der Waals surface area contributed by atoms with Gasteiger partial charge in [-0.25, -0.2) is 0 Å². The number of amides is 1. The molecule has 118 valence electrons. The first-order chi connectivity index (χ1) is 11.6. The smallest absolute Gasteiger partial charge is 0.259 e. The van der Waals surface area contributed by atoms with Crippen molar-refractivity contribution in [2.45, 2.75) is 6.54 Å². The third kappa shape index (κ3) is 3.17. The minimum Gasteiger partial charge on any atom is -0.365 e. The summed E-state index contributed by atoms with van der Waals surface area (Å²) in [7, 11) is 0. The highest BCUT2D eigenvalue weighted by atomic mass is 35.5. The largest absolute Gasteiger partial charge is 0.365 e. The Morgan fingerprint density at radius 1 is 1.25 bits per heavy atom. The zero-order valence-corrected chi connectivity index (χ0v) is 13.5. The standard InChI is InChI=1S/C19H14ClN3O/c20-16-5-3-4-13(8-16)11-23-12-15(9-14(10-21)19(22)24)17-6-1-2-7-18(17)23/h1-9,12H,11H2,(H2,22,24)/b14-9+. The summed E-state index contributed by atoms with van der Waals surface area (Å²) in [6, 6.07) is 17.3. The van der Waals surface area contributed by atoms with Crippen molar-refractivity contribution in [1.82, 2.24) is 4.57 Å². The highest BCUT2D eigenvalue weighted by Gasteiger charge is 2.10. The maximum atomic E-state index is 11.3. The molecule has 1 amide bonds. The molecule has 0 atom stereocenters. The summed E-state index contributed by atoms with van der Waals surface area (Å²) in [5, 5.41) is 10.7. The first-order valence-electron chi connectivity index (χ1n) is 7.32. The number of nitrogens with zero attached hydrogens (tertiary/aromatic N) is 2. The number of carbonyl (C=O) groups excluding carboxylic acids is 1. The molecule has 0 aliphatic rings. The van der Waals surface area contributed by atoms with Crippen LogP contribution in [-0.4, -0.2) is 10.5 Å². The SMILES string of the molecule is N#C/C(=C\c1cn(Cc2cccc(Cl)c2)c2ccccc12)C(N)=O. The molecule has 2 aromatic carbocycles. The summed E-state index contributed by atoms with van der Waals surface area (Å²) in [4.78, 5) is 11.3. The normalized spacial score (nSPS) is 11.4. The molecule has 2 N–H and O–H groups in total. The number of fused-ring (bicyclic) bond motifs is 1. The van der Waals surface area contributed by atoms with E-state index in [1.165, 1.54) is 6.08 Å². The molecule has 0 radical (unpaired) electrons. The van der Waals surface area contributed by atoms with Gasteiger partial charge in [0.05, 0.1) is 0 Å². The molecule has 0 bridgehead atoms. The van der Waals surface area contributed by atoms with Gasteiger partial charge in [-0.1, -0.05) is 41.9 Å². The van der Waals surface area contributed by atoms with Gasteiger partial charge >= 0.3 is 0 Å². The lowest BCUT2D eigenvalue weighted by Crippen LogP contribution is -2.12. The van der Waals surface area contributed by atoms with Crippen LogP contribution < -0.4 is 5.73 Å². The number of benzene rings is 2. The predicted octanol–water partition coefficient (Wildman–Crippen LogP) is 3.74. The number of aromatic nitrogens is 1. The van der Waals surface area contributed by atoms with Gasteiger partial charge in [-0.2, -0.15) is 5.26 Å². The third-order valence-corrected chi connectivity index (χ3v) is 3.98. The average Bonchev–Trinajstić information content (AvgIpc) is 2.90. The highest BCUT2D eigenvalue weighted by Crippen LogP contribution is 2.25. The molecule has 0 fully saturated rings. The van der Waals surface area contributed by atoms with E-state index < -0.39 is 5.91 Å². The lowest BCUT2D eigenvalue weighted by atomic mass is 10.1. The van der Waals surface area contributed by atoms with Gasteiger partial charge in [-0.05, 0) is 29.8 Å². The zero-order valence-electron chi connectivity index (χ0n) is 12.7. The van der Waals surface area contributed by atoms with Crippen molar-refractivity contribution in [2.24, 2.45) is 5.73 Å². The molecule has 0 aliphatic carbocycles. The summed E-state index contributed by atoms with van der Waals surface area (Å²) in [6.07, 6.45) is 3.44. The summed E-state index contributed by atoms with van der Waals surface area (Å²) in [6.45, 7) is 0.632. The van der Waals surface area contributed by atoms with Crippen LogP contribution in [-0.2, 0) is 11.3 Å². The Labute approximate surface area is 144 Å². The summed E-state index contributed by atoms with van der Waals surface area (Å²) < 4.78 is 2.06. The van der Waals surface area contributed by atoms with Crippen LogP contribution in [0.25, 0.3) is 17.0 Å². The average molecular weight is 336 g/mol. The van der Waals surface area contributed by atoms with E-state index in [9.17, 15) is 4.79 Å². The van der Waals surface area contributed by atoms with E-state index in [1.54, 1.807) is 0 Å². The van der Waals surface area contributed by atoms with Gasteiger partial charge in [0.25, 0.3) is 5.91 Å². The Kier molecular flexibility index (Phi) is 4.37. The van der Waals surface area contributed by atoms with E-state index >= 15 is 0 Å². The van der Waals surface area contributed by atoms with E-state index in [4.69, 9.17) is 22.6 Å². The maximum absolute atomic E-state index is 11.3. The van der Waals surface area contributed by atoms with Crippen molar-refractivity contribution < 1.29 is 4.79 Å². The van der Waals surface area contributed by atoms with E-state index in [0.717, 1.165) is 22.0 Å². The van der Waals surface area contributed by atoms with Gasteiger partial charge in [0.15, 0.2) is 0 Å². The number of para-hydroxylation sites is 1. The molecule has 0 spiro atoms. The van der Waals surface area contributed by atoms with E-state index in [1.807, 2.05) is 60.8 Å². The summed E-state index contributed by atoms with van der Waals surface area (Å²) >= 11 is 6.05. The van der Waals surface area contributed by atoms with Crippen LogP contribution in [0.15, 0.2) is 60.3 Å². The van der Waals surface area contributed by atoms with Crippen molar-refractivity contribution >= 4 is 34.5 Å². The Bertz CT molecular complexity index is 995. The molecule has 0 aliphatic heterocycles. The topological polar surface area (TPSA) is 71.8 Å². The lowest BCUT2D eigenvalue weighted by molar-refractivity contribution is -0.114. The number of rotatable bonds is 4.